The van der Waals surface area contributed by atoms with Crippen molar-refractivity contribution in [2.45, 2.75) is 31.6 Å². The molecule has 0 saturated carbocycles. The van der Waals surface area contributed by atoms with E-state index >= 15 is 0 Å². The predicted molar refractivity (Wildman–Crippen MR) is 64.1 cm³/mol. The highest BCUT2D eigenvalue weighted by atomic mass is 16.5. The van der Waals surface area contributed by atoms with Gasteiger partial charge < -0.3 is 9.84 Å². The number of rotatable bonds is 2. The quantitative estimate of drug-likeness (QED) is 0.694. The third kappa shape index (κ3) is 1.98. The summed E-state index contributed by atoms with van der Waals surface area (Å²) in [5.41, 5.74) is -1.57. The molecular formula is C12H14N2O4. The number of aryl methyl sites for hydroxylation is 1. The van der Waals surface area contributed by atoms with Crippen LogP contribution in [0.5, 0.6) is 0 Å². The second-order valence-electron chi connectivity index (χ2n) is 4.39. The minimum absolute atomic E-state index is 0.295. The van der Waals surface area contributed by atoms with E-state index in [9.17, 15) is 14.7 Å². The van der Waals surface area contributed by atoms with Gasteiger partial charge in [0.05, 0.1) is 6.61 Å². The summed E-state index contributed by atoms with van der Waals surface area (Å²) in [7, 11) is 0. The first-order valence-corrected chi connectivity index (χ1v) is 5.60. The first-order valence-electron chi connectivity index (χ1n) is 5.60. The summed E-state index contributed by atoms with van der Waals surface area (Å²) in [6.07, 6.45) is 7.19. The molecule has 2 rings (SSSR count). The van der Waals surface area contributed by atoms with Crippen LogP contribution in [0.15, 0.2) is 15.8 Å². The zero-order valence-corrected chi connectivity index (χ0v) is 9.97. The van der Waals surface area contributed by atoms with Crippen LogP contribution in [0.3, 0.4) is 0 Å². The number of aliphatic hydroxyl groups is 1. The van der Waals surface area contributed by atoms with Crippen LogP contribution < -0.4 is 11.2 Å². The van der Waals surface area contributed by atoms with Gasteiger partial charge in [0, 0.05) is 11.8 Å². The van der Waals surface area contributed by atoms with Crippen LogP contribution in [0.25, 0.3) is 0 Å². The van der Waals surface area contributed by atoms with Gasteiger partial charge in [0.2, 0.25) is 0 Å². The number of hydrogen-bond acceptors (Lipinski definition) is 4. The lowest BCUT2D eigenvalue weighted by Gasteiger charge is -2.21. The van der Waals surface area contributed by atoms with E-state index in [0.29, 0.717) is 18.4 Å². The molecule has 18 heavy (non-hydrogen) atoms. The standard InChI is InChI=1S/C12H14N2O4/c1-3-12(7-15)5-4-9(18-12)14-6-8(2)10(16)13-11(14)17/h1,6,9,15H,4-5,7H2,2H3,(H,13,16,17)/t9-,12+/m1/s1. The highest BCUT2D eigenvalue weighted by Crippen LogP contribution is 2.34. The van der Waals surface area contributed by atoms with E-state index in [1.807, 2.05) is 0 Å². The summed E-state index contributed by atoms with van der Waals surface area (Å²) in [5.74, 6) is 2.41. The Hall–Kier alpha value is -1.84. The molecular weight excluding hydrogens is 236 g/mol. The van der Waals surface area contributed by atoms with Gasteiger partial charge in [-0.1, -0.05) is 5.92 Å². The van der Waals surface area contributed by atoms with Gasteiger partial charge in [-0.15, -0.1) is 6.42 Å². The third-order valence-electron chi connectivity index (χ3n) is 3.13. The summed E-state index contributed by atoms with van der Waals surface area (Å²) < 4.78 is 6.86. The van der Waals surface area contributed by atoms with E-state index < -0.39 is 23.1 Å². The Kier molecular flexibility index (Phi) is 3.11. The minimum atomic E-state index is -1.03. The highest BCUT2D eigenvalue weighted by molar-refractivity contribution is 5.12. The fourth-order valence-corrected chi connectivity index (χ4v) is 2.00. The molecule has 96 valence electrons. The second-order valence-corrected chi connectivity index (χ2v) is 4.39. The molecule has 0 aliphatic carbocycles. The Morgan fingerprint density at radius 1 is 1.72 bits per heavy atom. The Bertz CT molecular complexity index is 610. The lowest BCUT2D eigenvalue weighted by molar-refractivity contribution is -0.0649. The molecule has 0 amide bonds. The molecule has 0 spiro atoms. The van der Waals surface area contributed by atoms with Crippen molar-refractivity contribution in [1.29, 1.82) is 0 Å². The third-order valence-corrected chi connectivity index (χ3v) is 3.13. The molecule has 0 aromatic carbocycles. The summed E-state index contributed by atoms with van der Waals surface area (Å²) in [5, 5.41) is 9.24. The molecule has 0 radical (unpaired) electrons. The summed E-state index contributed by atoms with van der Waals surface area (Å²) in [6, 6.07) is 0. The number of terminal acetylenes is 1. The molecule has 1 fully saturated rings. The Labute approximate surface area is 103 Å². The van der Waals surface area contributed by atoms with Gasteiger partial charge in [0.1, 0.15) is 6.23 Å². The predicted octanol–water partition coefficient (Wildman–Crippen LogP) is -0.482. The van der Waals surface area contributed by atoms with Crippen LogP contribution in [0, 0.1) is 19.3 Å². The number of nitrogens with zero attached hydrogens (tertiary/aromatic N) is 1. The van der Waals surface area contributed by atoms with E-state index in [0.717, 1.165) is 0 Å². The first-order chi connectivity index (χ1) is 8.51. The molecule has 1 aromatic rings. The molecule has 6 nitrogen and oxygen atoms in total. The van der Waals surface area contributed by atoms with Crippen LogP contribution >= 0.6 is 0 Å². The number of hydrogen-bond donors (Lipinski definition) is 2. The molecule has 1 aliphatic rings. The molecule has 0 bridgehead atoms. The molecule has 6 heteroatoms. The molecule has 2 atom stereocenters. The van der Waals surface area contributed by atoms with Crippen molar-refractivity contribution in [2.24, 2.45) is 0 Å². The Morgan fingerprint density at radius 2 is 2.44 bits per heavy atom. The number of aliphatic hydroxyl groups excluding tert-OH is 1. The smallest absolute Gasteiger partial charge is 0.330 e. The van der Waals surface area contributed by atoms with Crippen molar-refractivity contribution in [3.05, 3.63) is 32.6 Å². The molecule has 1 saturated heterocycles. The van der Waals surface area contributed by atoms with Crippen molar-refractivity contribution in [2.75, 3.05) is 6.61 Å². The SMILES string of the molecule is C#C[C@@]1(CO)CC[C@H](n2cc(C)c(=O)[nH]c2=O)O1. The van der Waals surface area contributed by atoms with E-state index in [1.165, 1.54) is 10.8 Å². The van der Waals surface area contributed by atoms with Crippen molar-refractivity contribution >= 4 is 0 Å². The zero-order valence-electron chi connectivity index (χ0n) is 9.97. The van der Waals surface area contributed by atoms with E-state index in [-0.39, 0.29) is 6.61 Å². The molecule has 0 unspecified atom stereocenters. The van der Waals surface area contributed by atoms with Crippen LogP contribution in [0.4, 0.5) is 0 Å². The highest BCUT2D eigenvalue weighted by Gasteiger charge is 2.39. The number of H-pyrrole nitrogens is 1. The largest absolute Gasteiger partial charge is 0.392 e. The fourth-order valence-electron chi connectivity index (χ4n) is 2.00. The average Bonchev–Trinajstić information content (AvgIpc) is 2.79. The van der Waals surface area contributed by atoms with Gasteiger partial charge in [-0.25, -0.2) is 4.79 Å². The van der Waals surface area contributed by atoms with Gasteiger partial charge in [0.15, 0.2) is 5.60 Å². The maximum Gasteiger partial charge on any atom is 0.330 e. The Morgan fingerprint density at radius 3 is 3.00 bits per heavy atom. The van der Waals surface area contributed by atoms with Gasteiger partial charge in [0.25, 0.3) is 5.56 Å². The topological polar surface area (TPSA) is 84.3 Å². The number of ether oxygens (including phenoxy) is 1. The van der Waals surface area contributed by atoms with Gasteiger partial charge >= 0.3 is 5.69 Å². The number of aromatic amines is 1. The zero-order chi connectivity index (χ0) is 13.3. The van der Waals surface area contributed by atoms with E-state index in [4.69, 9.17) is 11.2 Å². The number of aromatic nitrogens is 2. The fraction of sp³-hybridized carbons (Fsp3) is 0.500. The molecule has 2 N–H and O–H groups in total. The van der Waals surface area contributed by atoms with Crippen LogP contribution in [0.2, 0.25) is 0 Å². The monoisotopic (exact) mass is 250 g/mol. The van der Waals surface area contributed by atoms with Crippen molar-refractivity contribution < 1.29 is 9.84 Å². The number of nitrogens with one attached hydrogen (secondary N) is 1. The summed E-state index contributed by atoms with van der Waals surface area (Å²) in [6.45, 7) is 1.31. The van der Waals surface area contributed by atoms with E-state index in [2.05, 4.69) is 10.9 Å². The molecule has 1 aromatic heterocycles. The second kappa shape index (κ2) is 4.44. The van der Waals surface area contributed by atoms with Gasteiger partial charge in [-0.3, -0.25) is 14.3 Å². The Balaban J connectivity index is 2.36. The van der Waals surface area contributed by atoms with Crippen LogP contribution in [-0.2, 0) is 4.74 Å². The maximum atomic E-state index is 11.7. The van der Waals surface area contributed by atoms with Crippen molar-refractivity contribution in [3.8, 4) is 12.3 Å². The van der Waals surface area contributed by atoms with Crippen molar-refractivity contribution in [1.82, 2.24) is 9.55 Å². The van der Waals surface area contributed by atoms with E-state index in [1.54, 1.807) is 6.92 Å². The van der Waals surface area contributed by atoms with Crippen LogP contribution in [0.1, 0.15) is 24.6 Å². The first kappa shape index (κ1) is 12.6. The van der Waals surface area contributed by atoms with Gasteiger partial charge in [-0.2, -0.15) is 0 Å². The normalized spacial score (nSPS) is 27.1. The van der Waals surface area contributed by atoms with Crippen LogP contribution in [-0.4, -0.2) is 26.9 Å². The lowest BCUT2D eigenvalue weighted by Crippen LogP contribution is -2.36. The maximum absolute atomic E-state index is 11.7. The summed E-state index contributed by atoms with van der Waals surface area (Å²) in [4.78, 5) is 25.1. The molecule has 1 aliphatic heterocycles. The van der Waals surface area contributed by atoms with Crippen molar-refractivity contribution in [3.63, 3.8) is 0 Å². The molecule has 2 heterocycles. The average molecular weight is 250 g/mol. The minimum Gasteiger partial charge on any atom is -0.392 e. The van der Waals surface area contributed by atoms with Gasteiger partial charge in [-0.05, 0) is 19.8 Å². The lowest BCUT2D eigenvalue weighted by atomic mass is 10.0. The summed E-state index contributed by atoms with van der Waals surface area (Å²) >= 11 is 0.